The van der Waals surface area contributed by atoms with E-state index < -0.39 is 0 Å². The van der Waals surface area contributed by atoms with Gasteiger partial charge in [-0.25, -0.2) is 4.98 Å². The van der Waals surface area contributed by atoms with Gasteiger partial charge in [0.2, 0.25) is 5.91 Å². The van der Waals surface area contributed by atoms with Crippen LogP contribution in [0.5, 0.6) is 0 Å². The molecule has 0 unspecified atom stereocenters. The van der Waals surface area contributed by atoms with Crippen molar-refractivity contribution in [1.29, 1.82) is 0 Å². The molecule has 0 atom stereocenters. The van der Waals surface area contributed by atoms with Gasteiger partial charge >= 0.3 is 0 Å². The van der Waals surface area contributed by atoms with Crippen LogP contribution in [0.4, 0.5) is 0 Å². The van der Waals surface area contributed by atoms with Crippen LogP contribution < -0.4 is 5.32 Å². The van der Waals surface area contributed by atoms with Crippen molar-refractivity contribution in [3.63, 3.8) is 0 Å². The molecule has 0 aliphatic carbocycles. The van der Waals surface area contributed by atoms with Gasteiger partial charge in [-0.3, -0.25) is 4.79 Å². The van der Waals surface area contributed by atoms with Crippen LogP contribution in [0.3, 0.4) is 0 Å². The standard InChI is InChI=1S/C21H21ClN2OS/c1-15-19(26-21(24-15)17-8-10-18(22)11-9-17)13-14-23-20(25)12-7-16-5-3-2-4-6-16/h2-6,8-11H,7,12-14H2,1H3,(H,23,25). The monoisotopic (exact) mass is 384 g/mol. The number of aryl methyl sites for hydroxylation is 2. The van der Waals surface area contributed by atoms with Crippen molar-refractivity contribution in [3.8, 4) is 10.6 Å². The molecule has 3 nitrogen and oxygen atoms in total. The maximum absolute atomic E-state index is 12.0. The number of carbonyl (C=O) groups excluding carboxylic acids is 1. The molecule has 3 aromatic rings. The van der Waals surface area contributed by atoms with Crippen LogP contribution in [0, 0.1) is 6.92 Å². The van der Waals surface area contributed by atoms with Crippen molar-refractivity contribution < 1.29 is 4.79 Å². The van der Waals surface area contributed by atoms with Gasteiger partial charge in [0.25, 0.3) is 0 Å². The number of nitrogens with one attached hydrogen (secondary N) is 1. The van der Waals surface area contributed by atoms with Gasteiger partial charge < -0.3 is 5.32 Å². The molecule has 0 radical (unpaired) electrons. The van der Waals surface area contributed by atoms with Crippen molar-refractivity contribution in [2.45, 2.75) is 26.2 Å². The summed E-state index contributed by atoms with van der Waals surface area (Å²) in [6.07, 6.45) is 2.09. The molecule has 0 saturated carbocycles. The summed E-state index contributed by atoms with van der Waals surface area (Å²) in [6, 6.07) is 17.8. The lowest BCUT2D eigenvalue weighted by molar-refractivity contribution is -0.121. The summed E-state index contributed by atoms with van der Waals surface area (Å²) < 4.78 is 0. The molecule has 0 saturated heterocycles. The van der Waals surface area contributed by atoms with Crippen LogP contribution in [-0.4, -0.2) is 17.4 Å². The fourth-order valence-corrected chi connectivity index (χ4v) is 3.88. The highest BCUT2D eigenvalue weighted by Crippen LogP contribution is 2.28. The highest BCUT2D eigenvalue weighted by Gasteiger charge is 2.10. The Bertz CT molecular complexity index is 859. The first-order valence-electron chi connectivity index (χ1n) is 8.64. The Morgan fingerprint density at radius 3 is 2.54 bits per heavy atom. The first-order valence-corrected chi connectivity index (χ1v) is 9.84. The lowest BCUT2D eigenvalue weighted by Crippen LogP contribution is -2.25. The summed E-state index contributed by atoms with van der Waals surface area (Å²) in [6.45, 7) is 2.65. The quantitative estimate of drug-likeness (QED) is 0.618. The van der Waals surface area contributed by atoms with E-state index in [1.807, 2.05) is 61.5 Å². The van der Waals surface area contributed by atoms with Crippen molar-refractivity contribution in [1.82, 2.24) is 10.3 Å². The van der Waals surface area contributed by atoms with Gasteiger partial charge in [0.05, 0.1) is 5.69 Å². The highest BCUT2D eigenvalue weighted by atomic mass is 35.5. The molecule has 0 fully saturated rings. The number of rotatable bonds is 7. The number of nitrogens with zero attached hydrogens (tertiary/aromatic N) is 1. The van der Waals surface area contributed by atoms with Crippen LogP contribution in [0.25, 0.3) is 10.6 Å². The number of thiazole rings is 1. The van der Waals surface area contributed by atoms with Gasteiger partial charge in [0.15, 0.2) is 0 Å². The molecule has 0 aliphatic heterocycles. The molecule has 3 rings (SSSR count). The van der Waals surface area contributed by atoms with E-state index in [0.717, 1.165) is 34.1 Å². The van der Waals surface area contributed by atoms with Gasteiger partial charge in [0.1, 0.15) is 5.01 Å². The van der Waals surface area contributed by atoms with Crippen LogP contribution in [0.15, 0.2) is 54.6 Å². The van der Waals surface area contributed by atoms with E-state index in [4.69, 9.17) is 11.6 Å². The van der Waals surface area contributed by atoms with E-state index in [0.29, 0.717) is 13.0 Å². The Kier molecular flexibility index (Phi) is 6.42. The normalized spacial score (nSPS) is 10.7. The van der Waals surface area contributed by atoms with Gasteiger partial charge in [0, 0.05) is 34.8 Å². The van der Waals surface area contributed by atoms with E-state index in [9.17, 15) is 4.79 Å². The number of hydrogen-bond acceptors (Lipinski definition) is 3. The maximum atomic E-state index is 12.0. The third-order valence-electron chi connectivity index (χ3n) is 4.14. The van der Waals surface area contributed by atoms with Crippen LogP contribution >= 0.6 is 22.9 Å². The number of halogens is 1. The number of carbonyl (C=O) groups is 1. The van der Waals surface area contributed by atoms with Gasteiger partial charge in [-0.1, -0.05) is 54.1 Å². The maximum Gasteiger partial charge on any atom is 0.220 e. The molecule has 1 N–H and O–H groups in total. The third kappa shape index (κ3) is 5.16. The van der Waals surface area contributed by atoms with Crippen molar-refractivity contribution in [2.24, 2.45) is 0 Å². The minimum atomic E-state index is 0.0916. The zero-order valence-corrected chi connectivity index (χ0v) is 16.2. The second-order valence-corrected chi connectivity index (χ2v) is 7.64. The topological polar surface area (TPSA) is 42.0 Å². The second-order valence-electron chi connectivity index (χ2n) is 6.12. The molecule has 1 heterocycles. The second kappa shape index (κ2) is 8.97. The van der Waals surface area contributed by atoms with E-state index in [-0.39, 0.29) is 5.91 Å². The summed E-state index contributed by atoms with van der Waals surface area (Å²) in [4.78, 5) is 17.9. The van der Waals surface area contributed by atoms with Crippen LogP contribution in [0.1, 0.15) is 22.6 Å². The number of aromatic nitrogens is 1. The SMILES string of the molecule is Cc1nc(-c2ccc(Cl)cc2)sc1CCNC(=O)CCc1ccccc1. The predicted octanol–water partition coefficient (Wildman–Crippen LogP) is 5.06. The summed E-state index contributed by atoms with van der Waals surface area (Å²) in [5.41, 5.74) is 3.28. The molecule has 1 amide bonds. The molecule has 0 bridgehead atoms. The van der Waals surface area contributed by atoms with E-state index >= 15 is 0 Å². The molecule has 5 heteroatoms. The zero-order valence-electron chi connectivity index (χ0n) is 14.7. The van der Waals surface area contributed by atoms with E-state index in [1.165, 1.54) is 10.4 Å². The summed E-state index contributed by atoms with van der Waals surface area (Å²) in [5, 5.41) is 4.72. The molecule has 26 heavy (non-hydrogen) atoms. The Morgan fingerprint density at radius 1 is 1.08 bits per heavy atom. The van der Waals surface area contributed by atoms with Crippen LogP contribution in [-0.2, 0) is 17.6 Å². The summed E-state index contributed by atoms with van der Waals surface area (Å²) in [5.74, 6) is 0.0916. The van der Waals surface area contributed by atoms with Crippen molar-refractivity contribution in [3.05, 3.63) is 75.8 Å². The molecule has 134 valence electrons. The van der Waals surface area contributed by atoms with Gasteiger partial charge in [-0.05, 0) is 31.0 Å². The smallest absolute Gasteiger partial charge is 0.220 e. The predicted molar refractivity (Wildman–Crippen MR) is 109 cm³/mol. The average molecular weight is 385 g/mol. The third-order valence-corrected chi connectivity index (χ3v) is 5.66. The average Bonchev–Trinajstić information content (AvgIpc) is 3.02. The van der Waals surface area contributed by atoms with Gasteiger partial charge in [-0.15, -0.1) is 11.3 Å². The molecule has 2 aromatic carbocycles. The zero-order chi connectivity index (χ0) is 18.4. The largest absolute Gasteiger partial charge is 0.356 e. The minimum absolute atomic E-state index is 0.0916. The first kappa shape index (κ1) is 18.6. The Labute approximate surface area is 163 Å². The van der Waals surface area contributed by atoms with E-state index in [2.05, 4.69) is 10.3 Å². The van der Waals surface area contributed by atoms with E-state index in [1.54, 1.807) is 11.3 Å². The van der Waals surface area contributed by atoms with Gasteiger partial charge in [-0.2, -0.15) is 0 Å². The molecular formula is C21H21ClN2OS. The number of hydrogen-bond donors (Lipinski definition) is 1. The molecule has 0 aliphatic rings. The number of amides is 1. The molecular weight excluding hydrogens is 364 g/mol. The fraction of sp³-hybridized carbons (Fsp3) is 0.238. The highest BCUT2D eigenvalue weighted by molar-refractivity contribution is 7.15. The first-order chi connectivity index (χ1) is 12.6. The molecule has 0 spiro atoms. The Balaban J connectivity index is 1.49. The fourth-order valence-electron chi connectivity index (χ4n) is 2.68. The lowest BCUT2D eigenvalue weighted by atomic mass is 10.1. The summed E-state index contributed by atoms with van der Waals surface area (Å²) >= 11 is 7.62. The van der Waals surface area contributed by atoms with Crippen molar-refractivity contribution >= 4 is 28.8 Å². The number of benzene rings is 2. The lowest BCUT2D eigenvalue weighted by Gasteiger charge is -2.05. The van der Waals surface area contributed by atoms with Crippen LogP contribution in [0.2, 0.25) is 5.02 Å². The minimum Gasteiger partial charge on any atom is -0.356 e. The Hall–Kier alpha value is -2.17. The molecule has 1 aromatic heterocycles. The van der Waals surface area contributed by atoms with Crippen molar-refractivity contribution in [2.75, 3.05) is 6.54 Å². The summed E-state index contributed by atoms with van der Waals surface area (Å²) in [7, 11) is 0. The Morgan fingerprint density at radius 2 is 1.81 bits per heavy atom.